The summed E-state index contributed by atoms with van der Waals surface area (Å²) in [6.07, 6.45) is 1.97. The van der Waals surface area contributed by atoms with Crippen LogP contribution < -0.4 is 0 Å². The van der Waals surface area contributed by atoms with Crippen molar-refractivity contribution in [2.45, 2.75) is 26.7 Å². The van der Waals surface area contributed by atoms with Crippen LogP contribution in [0.5, 0.6) is 11.5 Å². The van der Waals surface area contributed by atoms with Crippen LogP contribution in [0.2, 0.25) is 5.02 Å². The summed E-state index contributed by atoms with van der Waals surface area (Å²) in [6.45, 7) is 4.23. The van der Waals surface area contributed by atoms with Crippen molar-refractivity contribution in [2.75, 3.05) is 0 Å². The number of benzene rings is 4. The number of phenols is 2. The van der Waals surface area contributed by atoms with E-state index in [2.05, 4.69) is 38.1 Å². The van der Waals surface area contributed by atoms with Gasteiger partial charge >= 0.3 is 0 Å². The SMILES string of the molecule is CCc1cccc(-c2ccc(O)cc2)c1.CCc1cccc(-c2ccc(O)cc2)c1Cl. The number of hydrogen-bond acceptors (Lipinski definition) is 2. The topological polar surface area (TPSA) is 40.5 Å². The highest BCUT2D eigenvalue weighted by Crippen LogP contribution is 2.31. The molecule has 0 heterocycles. The van der Waals surface area contributed by atoms with Crippen LogP contribution in [0.15, 0.2) is 91.0 Å². The Morgan fingerprint density at radius 3 is 1.77 bits per heavy atom. The molecule has 0 saturated heterocycles. The monoisotopic (exact) mass is 430 g/mol. The van der Waals surface area contributed by atoms with Crippen LogP contribution in [0.25, 0.3) is 22.3 Å². The van der Waals surface area contributed by atoms with Crippen LogP contribution in [-0.2, 0) is 12.8 Å². The number of hydrogen-bond donors (Lipinski definition) is 2. The lowest BCUT2D eigenvalue weighted by atomic mass is 10.0. The predicted molar refractivity (Wildman–Crippen MR) is 131 cm³/mol. The molecule has 2 nitrogen and oxygen atoms in total. The van der Waals surface area contributed by atoms with E-state index in [4.69, 9.17) is 11.6 Å². The van der Waals surface area contributed by atoms with Gasteiger partial charge in [0.1, 0.15) is 11.5 Å². The maximum absolute atomic E-state index is 9.24. The van der Waals surface area contributed by atoms with E-state index in [0.29, 0.717) is 5.75 Å². The van der Waals surface area contributed by atoms with Gasteiger partial charge in [0.2, 0.25) is 0 Å². The van der Waals surface area contributed by atoms with Crippen LogP contribution >= 0.6 is 11.6 Å². The van der Waals surface area contributed by atoms with Gasteiger partial charge in [-0.25, -0.2) is 0 Å². The summed E-state index contributed by atoms with van der Waals surface area (Å²) in [5.41, 5.74) is 6.87. The van der Waals surface area contributed by atoms with E-state index in [-0.39, 0.29) is 5.75 Å². The summed E-state index contributed by atoms with van der Waals surface area (Å²) in [5, 5.41) is 19.2. The van der Waals surface area contributed by atoms with Crippen LogP contribution in [0.1, 0.15) is 25.0 Å². The average molecular weight is 431 g/mol. The first-order valence-corrected chi connectivity index (χ1v) is 10.8. The number of halogens is 1. The van der Waals surface area contributed by atoms with Gasteiger partial charge < -0.3 is 10.2 Å². The van der Waals surface area contributed by atoms with E-state index in [9.17, 15) is 10.2 Å². The maximum Gasteiger partial charge on any atom is 0.115 e. The standard InChI is InChI=1S/C14H13ClO.C14H14O/c1-2-10-4-3-5-13(14(10)15)11-6-8-12(16)9-7-11;1-2-11-4-3-5-13(10-11)12-6-8-14(15)9-7-12/h3-9,16H,2H2,1H3;3-10,15H,2H2,1H3. The van der Waals surface area contributed by atoms with Crippen molar-refractivity contribution in [1.82, 2.24) is 0 Å². The molecule has 4 aromatic carbocycles. The fourth-order valence-corrected chi connectivity index (χ4v) is 3.71. The molecule has 0 amide bonds. The Labute approximate surface area is 189 Å². The number of phenolic OH excluding ortho intramolecular Hbond substituents is 2. The molecule has 0 spiro atoms. The Morgan fingerprint density at radius 2 is 1.19 bits per heavy atom. The van der Waals surface area contributed by atoms with Crippen LogP contribution in [0, 0.1) is 0 Å². The molecule has 0 aliphatic heterocycles. The molecular weight excluding hydrogens is 404 g/mol. The Balaban J connectivity index is 0.000000176. The smallest absolute Gasteiger partial charge is 0.115 e. The molecule has 0 aromatic heterocycles. The lowest BCUT2D eigenvalue weighted by Crippen LogP contribution is -1.86. The molecular formula is C28H27ClO2. The summed E-state index contributed by atoms with van der Waals surface area (Å²) < 4.78 is 0. The fraction of sp³-hybridized carbons (Fsp3) is 0.143. The van der Waals surface area contributed by atoms with Gasteiger partial charge in [0.25, 0.3) is 0 Å². The molecule has 0 fully saturated rings. The van der Waals surface area contributed by atoms with Crippen molar-refractivity contribution in [3.63, 3.8) is 0 Å². The molecule has 3 heteroatoms. The highest BCUT2D eigenvalue weighted by molar-refractivity contribution is 6.34. The lowest BCUT2D eigenvalue weighted by Gasteiger charge is -2.08. The normalized spacial score (nSPS) is 10.3. The second kappa shape index (κ2) is 10.7. The average Bonchev–Trinajstić information content (AvgIpc) is 2.81. The Kier molecular flexibility index (Phi) is 7.75. The minimum atomic E-state index is 0.270. The molecule has 0 atom stereocenters. The Hall–Kier alpha value is -3.23. The van der Waals surface area contributed by atoms with E-state index in [0.717, 1.165) is 40.1 Å². The van der Waals surface area contributed by atoms with Gasteiger partial charge in [-0.3, -0.25) is 0 Å². The second-order valence-corrected chi connectivity index (χ2v) is 7.66. The first-order chi connectivity index (χ1) is 15.0. The van der Waals surface area contributed by atoms with Crippen molar-refractivity contribution in [1.29, 1.82) is 0 Å². The van der Waals surface area contributed by atoms with Crippen molar-refractivity contribution in [3.8, 4) is 33.8 Å². The maximum atomic E-state index is 9.24. The molecule has 0 saturated carbocycles. The third kappa shape index (κ3) is 5.90. The van der Waals surface area contributed by atoms with Crippen LogP contribution in [0.4, 0.5) is 0 Å². The molecule has 0 aliphatic rings. The molecule has 158 valence electrons. The largest absolute Gasteiger partial charge is 0.508 e. The second-order valence-electron chi connectivity index (χ2n) is 7.28. The van der Waals surface area contributed by atoms with Gasteiger partial charge in [0.15, 0.2) is 0 Å². The van der Waals surface area contributed by atoms with Gasteiger partial charge in [-0.1, -0.05) is 92.2 Å². The van der Waals surface area contributed by atoms with Gasteiger partial charge in [0.05, 0.1) is 5.02 Å². The molecule has 0 radical (unpaired) electrons. The summed E-state index contributed by atoms with van der Waals surface area (Å²) in [5.74, 6) is 0.580. The van der Waals surface area contributed by atoms with Crippen molar-refractivity contribution in [3.05, 3.63) is 107 Å². The Morgan fingerprint density at radius 1 is 0.613 bits per heavy atom. The van der Waals surface area contributed by atoms with Gasteiger partial charge in [-0.05, 0) is 64.9 Å². The summed E-state index contributed by atoms with van der Waals surface area (Å²) >= 11 is 6.32. The fourth-order valence-electron chi connectivity index (χ4n) is 3.34. The Bertz CT molecular complexity index is 1120. The molecule has 0 bridgehead atoms. The van der Waals surface area contributed by atoms with E-state index < -0.39 is 0 Å². The number of aromatic hydroxyl groups is 2. The molecule has 4 rings (SSSR count). The third-order valence-corrected chi connectivity index (χ3v) is 5.62. The lowest BCUT2D eigenvalue weighted by molar-refractivity contribution is 0.475. The van der Waals surface area contributed by atoms with Gasteiger partial charge in [-0.15, -0.1) is 0 Å². The quantitative estimate of drug-likeness (QED) is 0.345. The molecule has 2 N–H and O–H groups in total. The van der Waals surface area contributed by atoms with Gasteiger partial charge in [-0.2, -0.15) is 0 Å². The first kappa shape index (κ1) is 22.5. The van der Waals surface area contributed by atoms with Gasteiger partial charge in [0, 0.05) is 5.56 Å². The predicted octanol–water partition coefficient (Wildman–Crippen LogP) is 7.90. The minimum Gasteiger partial charge on any atom is -0.508 e. The summed E-state index contributed by atoms with van der Waals surface area (Å²) in [6, 6.07) is 28.9. The molecule has 31 heavy (non-hydrogen) atoms. The molecule has 0 unspecified atom stereocenters. The van der Waals surface area contributed by atoms with Crippen molar-refractivity contribution < 1.29 is 10.2 Å². The minimum absolute atomic E-state index is 0.270. The molecule has 4 aromatic rings. The first-order valence-electron chi connectivity index (χ1n) is 10.5. The zero-order chi connectivity index (χ0) is 22.2. The van der Waals surface area contributed by atoms with Crippen LogP contribution in [-0.4, -0.2) is 10.2 Å². The highest BCUT2D eigenvalue weighted by Gasteiger charge is 2.06. The van der Waals surface area contributed by atoms with Crippen molar-refractivity contribution >= 4 is 11.6 Å². The zero-order valence-corrected chi connectivity index (χ0v) is 18.6. The van der Waals surface area contributed by atoms with E-state index in [1.165, 1.54) is 11.1 Å². The summed E-state index contributed by atoms with van der Waals surface area (Å²) in [7, 11) is 0. The summed E-state index contributed by atoms with van der Waals surface area (Å²) in [4.78, 5) is 0. The van der Waals surface area contributed by atoms with Crippen LogP contribution in [0.3, 0.4) is 0 Å². The highest BCUT2D eigenvalue weighted by atomic mass is 35.5. The van der Waals surface area contributed by atoms with E-state index in [1.807, 2.05) is 42.5 Å². The van der Waals surface area contributed by atoms with E-state index >= 15 is 0 Å². The van der Waals surface area contributed by atoms with Crippen molar-refractivity contribution in [2.24, 2.45) is 0 Å². The third-order valence-electron chi connectivity index (χ3n) is 5.17. The number of rotatable bonds is 4. The van der Waals surface area contributed by atoms with E-state index in [1.54, 1.807) is 24.3 Å². The number of aryl methyl sites for hydroxylation is 2. The zero-order valence-electron chi connectivity index (χ0n) is 17.8. The molecule has 0 aliphatic carbocycles.